The number of rotatable bonds is 5. The van der Waals surface area contributed by atoms with Crippen LogP contribution in [0, 0.1) is 23.3 Å². The van der Waals surface area contributed by atoms with Crippen molar-refractivity contribution in [3.05, 3.63) is 28.8 Å². The van der Waals surface area contributed by atoms with E-state index in [1.807, 2.05) is 0 Å². The Bertz CT molecular complexity index is 576. The number of benzene rings is 1. The molecule has 0 fully saturated rings. The van der Waals surface area contributed by atoms with Crippen molar-refractivity contribution in [3.8, 4) is 0 Å². The molecular weight excluding hydrogens is 344 g/mol. The summed E-state index contributed by atoms with van der Waals surface area (Å²) < 4.78 is 113. The first-order chi connectivity index (χ1) is 10.0. The van der Waals surface area contributed by atoms with E-state index in [1.165, 1.54) is 13.8 Å². The molecular formula is C11H10F7O3P. The molecule has 11 heteroatoms. The van der Waals surface area contributed by atoms with Gasteiger partial charge in [0.25, 0.3) is 0 Å². The molecule has 0 saturated carbocycles. The van der Waals surface area contributed by atoms with Crippen molar-refractivity contribution in [1.29, 1.82) is 0 Å². The molecule has 0 amide bonds. The van der Waals surface area contributed by atoms with Crippen LogP contribution in [-0.4, -0.2) is 13.2 Å². The van der Waals surface area contributed by atoms with E-state index in [1.54, 1.807) is 0 Å². The summed E-state index contributed by atoms with van der Waals surface area (Å²) in [4.78, 5) is 0. The highest BCUT2D eigenvalue weighted by Crippen LogP contribution is 2.49. The zero-order valence-corrected chi connectivity index (χ0v) is 12.1. The molecule has 0 aliphatic carbocycles. The van der Waals surface area contributed by atoms with Gasteiger partial charge >= 0.3 is 13.8 Å². The van der Waals surface area contributed by atoms with Crippen LogP contribution in [0.25, 0.3) is 0 Å². The molecule has 0 bridgehead atoms. The van der Waals surface area contributed by atoms with Crippen molar-refractivity contribution in [1.82, 2.24) is 0 Å². The summed E-state index contributed by atoms with van der Waals surface area (Å²) in [7, 11) is -4.87. The van der Waals surface area contributed by atoms with Gasteiger partial charge < -0.3 is 9.05 Å². The number of hydrogen-bond acceptors (Lipinski definition) is 3. The molecule has 0 aromatic heterocycles. The molecule has 0 N–H and O–H groups in total. The SMILES string of the molecule is CCOP(=O)(OCC)c1c(F)c(F)c(C(F)(F)F)c(F)c1F. The second-order valence-electron chi connectivity index (χ2n) is 3.81. The van der Waals surface area contributed by atoms with Crippen molar-refractivity contribution in [2.24, 2.45) is 0 Å². The largest absolute Gasteiger partial charge is 0.422 e. The zero-order valence-electron chi connectivity index (χ0n) is 11.2. The normalized spacial score (nSPS) is 12.8. The predicted octanol–water partition coefficient (Wildman–Crippen LogP) is 4.15. The van der Waals surface area contributed by atoms with Gasteiger partial charge in [-0.1, -0.05) is 0 Å². The summed E-state index contributed by atoms with van der Waals surface area (Å²) in [6, 6.07) is 0. The quantitative estimate of drug-likeness (QED) is 0.453. The van der Waals surface area contributed by atoms with Crippen LogP contribution in [-0.2, 0) is 19.8 Å². The Kier molecular flexibility index (Phi) is 5.64. The monoisotopic (exact) mass is 354 g/mol. The summed E-state index contributed by atoms with van der Waals surface area (Å²) in [5.74, 6) is -10.4. The molecule has 1 rings (SSSR count). The molecule has 0 unspecified atom stereocenters. The molecule has 3 nitrogen and oxygen atoms in total. The van der Waals surface area contributed by atoms with Crippen molar-refractivity contribution < 1.29 is 44.3 Å². The van der Waals surface area contributed by atoms with E-state index in [4.69, 9.17) is 0 Å². The molecule has 0 aliphatic rings. The minimum atomic E-state index is -5.68. The second kappa shape index (κ2) is 6.55. The summed E-state index contributed by atoms with van der Waals surface area (Å²) in [5, 5.41) is -1.83. The Hall–Kier alpha value is -1.12. The third-order valence-electron chi connectivity index (χ3n) is 2.40. The van der Waals surface area contributed by atoms with E-state index in [9.17, 15) is 35.3 Å². The highest BCUT2D eigenvalue weighted by atomic mass is 31.2. The van der Waals surface area contributed by atoms with Crippen molar-refractivity contribution in [2.45, 2.75) is 20.0 Å². The van der Waals surface area contributed by atoms with E-state index >= 15 is 0 Å². The maximum atomic E-state index is 13.8. The van der Waals surface area contributed by atoms with Crippen LogP contribution in [0.3, 0.4) is 0 Å². The lowest BCUT2D eigenvalue weighted by molar-refractivity contribution is -0.143. The van der Waals surface area contributed by atoms with Gasteiger partial charge in [0.05, 0.1) is 13.2 Å². The summed E-state index contributed by atoms with van der Waals surface area (Å²) >= 11 is 0. The molecule has 126 valence electrons. The minimum absolute atomic E-state index is 0.430. The van der Waals surface area contributed by atoms with Crippen LogP contribution in [0.2, 0.25) is 0 Å². The molecule has 0 saturated heterocycles. The molecule has 0 radical (unpaired) electrons. The topological polar surface area (TPSA) is 35.5 Å². The lowest BCUT2D eigenvalue weighted by Crippen LogP contribution is -2.26. The van der Waals surface area contributed by atoms with Crippen LogP contribution >= 0.6 is 7.60 Å². The Morgan fingerprint density at radius 2 is 1.23 bits per heavy atom. The fraction of sp³-hybridized carbons (Fsp3) is 0.455. The average Bonchev–Trinajstić information content (AvgIpc) is 2.35. The first kappa shape index (κ1) is 18.9. The molecule has 22 heavy (non-hydrogen) atoms. The average molecular weight is 354 g/mol. The first-order valence-electron chi connectivity index (χ1n) is 5.84. The molecule has 0 heterocycles. The summed E-state index contributed by atoms with van der Waals surface area (Å²) in [6.45, 7) is 1.61. The van der Waals surface area contributed by atoms with Gasteiger partial charge in [0.15, 0.2) is 23.3 Å². The van der Waals surface area contributed by atoms with Crippen molar-refractivity contribution >= 4 is 12.9 Å². The van der Waals surface area contributed by atoms with E-state index < -0.39 is 61.1 Å². The van der Waals surface area contributed by atoms with Gasteiger partial charge in [-0.05, 0) is 13.8 Å². The van der Waals surface area contributed by atoms with Gasteiger partial charge in [-0.3, -0.25) is 4.57 Å². The van der Waals surface area contributed by atoms with E-state index in [0.717, 1.165) is 0 Å². The Labute approximate surface area is 120 Å². The smallest absolute Gasteiger partial charge is 0.305 e. The maximum absolute atomic E-state index is 13.8. The standard InChI is InChI=1S/C11H10F7O3P/c1-3-20-22(19,21-4-2)10-8(14)6(12)5(11(16,17)18)7(13)9(10)15/h3-4H2,1-2H3. The Morgan fingerprint density at radius 3 is 1.50 bits per heavy atom. The van der Waals surface area contributed by atoms with Crippen molar-refractivity contribution in [3.63, 3.8) is 0 Å². The number of hydrogen-bond donors (Lipinski definition) is 0. The molecule has 0 atom stereocenters. The van der Waals surface area contributed by atoms with E-state index in [2.05, 4.69) is 9.05 Å². The third kappa shape index (κ3) is 3.28. The second-order valence-corrected chi connectivity index (χ2v) is 5.77. The van der Waals surface area contributed by atoms with Gasteiger partial charge in [-0.25, -0.2) is 17.6 Å². The fourth-order valence-corrected chi connectivity index (χ4v) is 3.31. The molecule has 0 aliphatic heterocycles. The van der Waals surface area contributed by atoms with Gasteiger partial charge in [-0.2, -0.15) is 13.2 Å². The molecule has 1 aromatic rings. The molecule has 1 aromatic carbocycles. The van der Waals surface area contributed by atoms with E-state index in [0.29, 0.717) is 0 Å². The summed E-state index contributed by atoms with van der Waals surface area (Å²) in [5.41, 5.74) is -2.76. The first-order valence-corrected chi connectivity index (χ1v) is 7.38. The van der Waals surface area contributed by atoms with Crippen LogP contribution < -0.4 is 5.30 Å². The van der Waals surface area contributed by atoms with Crippen molar-refractivity contribution in [2.75, 3.05) is 13.2 Å². The van der Waals surface area contributed by atoms with E-state index in [-0.39, 0.29) is 0 Å². The third-order valence-corrected chi connectivity index (χ3v) is 4.53. The molecule has 0 spiro atoms. The maximum Gasteiger partial charge on any atom is 0.422 e. The number of halogens is 7. The predicted molar refractivity (Wildman–Crippen MR) is 61.8 cm³/mol. The Balaban J connectivity index is 3.76. The van der Waals surface area contributed by atoms with Crippen LogP contribution in [0.15, 0.2) is 0 Å². The van der Waals surface area contributed by atoms with Crippen LogP contribution in [0.5, 0.6) is 0 Å². The van der Waals surface area contributed by atoms with Crippen LogP contribution in [0.1, 0.15) is 19.4 Å². The highest BCUT2D eigenvalue weighted by molar-refractivity contribution is 7.62. The summed E-state index contributed by atoms with van der Waals surface area (Å²) in [6.07, 6.45) is -5.68. The van der Waals surface area contributed by atoms with Gasteiger partial charge in [0, 0.05) is 0 Å². The van der Waals surface area contributed by atoms with Gasteiger partial charge in [-0.15, -0.1) is 0 Å². The lowest BCUT2D eigenvalue weighted by atomic mass is 10.1. The Morgan fingerprint density at radius 1 is 0.864 bits per heavy atom. The lowest BCUT2D eigenvalue weighted by Gasteiger charge is -2.20. The van der Waals surface area contributed by atoms with Gasteiger partial charge in [0.1, 0.15) is 10.9 Å². The zero-order chi connectivity index (χ0) is 17.3. The van der Waals surface area contributed by atoms with Gasteiger partial charge in [0.2, 0.25) is 0 Å². The highest BCUT2D eigenvalue weighted by Gasteiger charge is 2.46. The fourth-order valence-electron chi connectivity index (χ4n) is 1.62. The van der Waals surface area contributed by atoms with Crippen LogP contribution in [0.4, 0.5) is 30.7 Å². The minimum Gasteiger partial charge on any atom is -0.305 e. The number of alkyl halides is 3.